The number of fused-ring (bicyclic) bond motifs is 1. The van der Waals surface area contributed by atoms with Crippen molar-refractivity contribution in [2.24, 2.45) is 0 Å². The van der Waals surface area contributed by atoms with E-state index in [9.17, 15) is 27.9 Å². The van der Waals surface area contributed by atoms with Crippen molar-refractivity contribution in [1.29, 1.82) is 0 Å². The smallest absolute Gasteiger partial charge is 0.417 e. The Balaban J connectivity index is 2.29. The fraction of sp³-hybridized carbons (Fsp3) is 0.111. The summed E-state index contributed by atoms with van der Waals surface area (Å²) in [5, 5.41) is 10.4. The third-order valence-corrected chi connectivity index (χ3v) is 4.78. The van der Waals surface area contributed by atoms with Gasteiger partial charge in [0.1, 0.15) is 5.75 Å². The zero-order valence-corrected chi connectivity index (χ0v) is 14.1. The lowest BCUT2D eigenvalue weighted by Crippen LogP contribution is -2.13. The van der Waals surface area contributed by atoms with Crippen LogP contribution in [0.5, 0.6) is 5.75 Å². The van der Waals surface area contributed by atoms with Gasteiger partial charge < -0.3 is 9.84 Å². The van der Waals surface area contributed by atoms with Crippen LogP contribution in [0.2, 0.25) is 0 Å². The van der Waals surface area contributed by atoms with Crippen molar-refractivity contribution >= 4 is 27.4 Å². The molecule has 26 heavy (non-hydrogen) atoms. The van der Waals surface area contributed by atoms with Crippen LogP contribution in [0.15, 0.2) is 47.3 Å². The highest BCUT2D eigenvalue weighted by atomic mass is 32.1. The third kappa shape index (κ3) is 3.03. The van der Waals surface area contributed by atoms with Gasteiger partial charge in [-0.3, -0.25) is 4.79 Å². The minimum Gasteiger partial charge on any atom is -0.506 e. The number of hydrogen-bond donors (Lipinski definition) is 1. The van der Waals surface area contributed by atoms with Gasteiger partial charge in [0.05, 0.1) is 12.7 Å². The Bertz CT molecular complexity index is 1070. The van der Waals surface area contributed by atoms with Crippen LogP contribution >= 0.6 is 11.3 Å². The fourth-order valence-electron chi connectivity index (χ4n) is 2.62. The second-order valence-electron chi connectivity index (χ2n) is 5.36. The molecule has 1 N–H and O–H groups in total. The lowest BCUT2D eigenvalue weighted by Gasteiger charge is -2.13. The monoisotopic (exact) mass is 380 g/mol. The zero-order valence-electron chi connectivity index (χ0n) is 13.3. The Kier molecular flexibility index (Phi) is 4.45. The van der Waals surface area contributed by atoms with Crippen LogP contribution in [0, 0.1) is 0 Å². The lowest BCUT2D eigenvalue weighted by atomic mass is 9.98. The SMILES string of the molecule is COC(=O)c1c(O)c2cc(-c3ccccc3C(F)(F)F)ccc2sc1=O. The van der Waals surface area contributed by atoms with Crippen molar-refractivity contribution < 1.29 is 27.8 Å². The predicted octanol–water partition coefficient (Wildman–Crippen LogP) is 4.44. The van der Waals surface area contributed by atoms with Gasteiger partial charge in [0, 0.05) is 10.1 Å². The number of esters is 1. The molecule has 3 aromatic rings. The third-order valence-electron chi connectivity index (χ3n) is 3.81. The molecule has 0 atom stereocenters. The molecule has 0 amide bonds. The van der Waals surface area contributed by atoms with Crippen molar-refractivity contribution in [2.75, 3.05) is 7.11 Å². The van der Waals surface area contributed by atoms with Gasteiger partial charge in [-0.1, -0.05) is 35.6 Å². The number of ether oxygens (including phenoxy) is 1. The van der Waals surface area contributed by atoms with Crippen LogP contribution in [-0.2, 0) is 10.9 Å². The summed E-state index contributed by atoms with van der Waals surface area (Å²) in [5.74, 6) is -1.62. The van der Waals surface area contributed by atoms with Crippen molar-refractivity contribution in [1.82, 2.24) is 0 Å². The van der Waals surface area contributed by atoms with Crippen LogP contribution in [0.25, 0.3) is 21.2 Å². The molecule has 0 saturated heterocycles. The van der Waals surface area contributed by atoms with E-state index in [-0.39, 0.29) is 16.5 Å². The summed E-state index contributed by atoms with van der Waals surface area (Å²) in [6.45, 7) is 0. The average Bonchev–Trinajstić information content (AvgIpc) is 2.60. The minimum absolute atomic E-state index is 0.0721. The van der Waals surface area contributed by atoms with E-state index in [0.29, 0.717) is 16.0 Å². The first kappa shape index (κ1) is 17.9. The van der Waals surface area contributed by atoms with E-state index in [1.807, 2.05) is 0 Å². The molecule has 134 valence electrons. The fourth-order valence-corrected chi connectivity index (χ4v) is 3.50. The molecular weight excluding hydrogens is 369 g/mol. The molecule has 0 aliphatic rings. The summed E-state index contributed by atoms with van der Waals surface area (Å²) in [6, 6.07) is 9.21. The molecule has 0 fully saturated rings. The molecule has 0 radical (unpaired) electrons. The molecule has 8 heteroatoms. The number of halogens is 3. The Hall–Kier alpha value is -2.87. The quantitative estimate of drug-likeness (QED) is 0.668. The van der Waals surface area contributed by atoms with Crippen molar-refractivity contribution in [3.05, 3.63) is 63.1 Å². The first-order chi connectivity index (χ1) is 12.2. The van der Waals surface area contributed by atoms with Gasteiger partial charge in [-0.2, -0.15) is 13.2 Å². The van der Waals surface area contributed by atoms with Crippen LogP contribution in [-0.4, -0.2) is 18.2 Å². The number of rotatable bonds is 2. The number of hydrogen-bond acceptors (Lipinski definition) is 5. The molecule has 0 saturated carbocycles. The normalized spacial score (nSPS) is 11.5. The number of aromatic hydroxyl groups is 1. The van der Waals surface area contributed by atoms with E-state index >= 15 is 0 Å². The highest BCUT2D eigenvalue weighted by Crippen LogP contribution is 2.39. The van der Waals surface area contributed by atoms with E-state index < -0.39 is 33.8 Å². The molecule has 0 bridgehead atoms. The summed E-state index contributed by atoms with van der Waals surface area (Å²) >= 11 is 0.701. The van der Waals surface area contributed by atoms with Gasteiger partial charge in [0.15, 0.2) is 5.56 Å². The van der Waals surface area contributed by atoms with E-state index in [4.69, 9.17) is 0 Å². The summed E-state index contributed by atoms with van der Waals surface area (Å²) in [5.41, 5.74) is -1.23. The standard InChI is InChI=1S/C18H11F3O4S/c1-25-16(23)14-15(22)11-8-9(6-7-13(11)26-17(14)24)10-4-2-3-5-12(10)18(19,20)21/h2-8,22H,1H3. The molecule has 4 nitrogen and oxygen atoms in total. The predicted molar refractivity (Wildman–Crippen MR) is 91.5 cm³/mol. The second kappa shape index (κ2) is 6.45. The first-order valence-electron chi connectivity index (χ1n) is 7.28. The Morgan fingerprint density at radius 2 is 1.85 bits per heavy atom. The maximum Gasteiger partial charge on any atom is 0.417 e. The van der Waals surface area contributed by atoms with Crippen LogP contribution in [0.3, 0.4) is 0 Å². The van der Waals surface area contributed by atoms with E-state index in [0.717, 1.165) is 13.2 Å². The van der Waals surface area contributed by atoms with E-state index in [1.54, 1.807) is 0 Å². The van der Waals surface area contributed by atoms with Gasteiger partial charge in [0.25, 0.3) is 4.74 Å². The van der Waals surface area contributed by atoms with Gasteiger partial charge in [-0.25, -0.2) is 4.79 Å². The molecule has 0 spiro atoms. The molecule has 0 aliphatic heterocycles. The molecule has 1 aromatic heterocycles. The molecule has 3 rings (SSSR count). The summed E-state index contributed by atoms with van der Waals surface area (Å²) in [7, 11) is 1.06. The Labute approximate surface area is 149 Å². The van der Waals surface area contributed by atoms with Gasteiger partial charge in [-0.05, 0) is 29.3 Å². The largest absolute Gasteiger partial charge is 0.506 e. The van der Waals surface area contributed by atoms with Crippen LogP contribution in [0.1, 0.15) is 15.9 Å². The van der Waals surface area contributed by atoms with Gasteiger partial charge in [-0.15, -0.1) is 0 Å². The number of carbonyl (C=O) groups is 1. The summed E-state index contributed by atoms with van der Waals surface area (Å²) in [6.07, 6.45) is -4.55. The number of benzene rings is 2. The highest BCUT2D eigenvalue weighted by Gasteiger charge is 2.33. The van der Waals surface area contributed by atoms with Gasteiger partial charge in [0.2, 0.25) is 0 Å². The Morgan fingerprint density at radius 1 is 1.15 bits per heavy atom. The molecule has 1 heterocycles. The molecule has 0 unspecified atom stereocenters. The average molecular weight is 380 g/mol. The number of methoxy groups -OCH3 is 1. The molecule has 2 aromatic carbocycles. The molecular formula is C18H11F3O4S. The second-order valence-corrected chi connectivity index (χ2v) is 6.37. The lowest BCUT2D eigenvalue weighted by molar-refractivity contribution is -0.137. The maximum absolute atomic E-state index is 13.2. The van der Waals surface area contributed by atoms with Gasteiger partial charge >= 0.3 is 12.1 Å². The first-order valence-corrected chi connectivity index (χ1v) is 8.10. The van der Waals surface area contributed by atoms with Crippen LogP contribution < -0.4 is 4.74 Å². The topological polar surface area (TPSA) is 63.6 Å². The molecule has 0 aliphatic carbocycles. The zero-order chi connectivity index (χ0) is 19.1. The van der Waals surface area contributed by atoms with E-state index in [2.05, 4.69) is 4.74 Å². The van der Waals surface area contributed by atoms with Crippen molar-refractivity contribution in [3.8, 4) is 16.9 Å². The summed E-state index contributed by atoms with van der Waals surface area (Å²) in [4.78, 5) is 23.7. The number of alkyl halides is 3. The maximum atomic E-state index is 13.2. The van der Waals surface area contributed by atoms with Crippen LogP contribution in [0.4, 0.5) is 13.2 Å². The number of carbonyl (C=O) groups excluding carboxylic acids is 1. The van der Waals surface area contributed by atoms with Crippen molar-refractivity contribution in [3.63, 3.8) is 0 Å². The summed E-state index contributed by atoms with van der Waals surface area (Å²) < 4.78 is 43.9. The van der Waals surface area contributed by atoms with E-state index in [1.165, 1.54) is 36.4 Å². The Morgan fingerprint density at radius 3 is 2.50 bits per heavy atom. The highest BCUT2D eigenvalue weighted by molar-refractivity contribution is 7.16. The minimum atomic E-state index is -4.55. The van der Waals surface area contributed by atoms with Crippen molar-refractivity contribution in [2.45, 2.75) is 6.18 Å².